The zero-order chi connectivity index (χ0) is 12.0. The number of hydrogen-bond acceptors (Lipinski definition) is 4. The van der Waals surface area contributed by atoms with E-state index in [1.165, 1.54) is 6.42 Å². The van der Waals surface area contributed by atoms with Crippen molar-refractivity contribution in [2.45, 2.75) is 57.4 Å². The van der Waals surface area contributed by atoms with Crippen molar-refractivity contribution in [3.05, 3.63) is 12.2 Å². The van der Waals surface area contributed by atoms with Gasteiger partial charge in [-0.1, -0.05) is 0 Å². The highest BCUT2D eigenvalue weighted by Gasteiger charge is 2.44. The Labute approximate surface area is 101 Å². The summed E-state index contributed by atoms with van der Waals surface area (Å²) in [6.45, 7) is 4.20. The van der Waals surface area contributed by atoms with E-state index in [1.54, 1.807) is 6.33 Å². The molecule has 2 aliphatic heterocycles. The van der Waals surface area contributed by atoms with Gasteiger partial charge in [0, 0.05) is 12.0 Å². The SMILES string of the molecule is CC(C)n1ncnc1C(N)C1CC2CCC1O2. The van der Waals surface area contributed by atoms with Crippen LogP contribution in [0.25, 0.3) is 0 Å². The second kappa shape index (κ2) is 4.07. The Hall–Kier alpha value is -0.940. The number of ether oxygens (including phenoxy) is 1. The van der Waals surface area contributed by atoms with Crippen molar-refractivity contribution in [1.82, 2.24) is 14.8 Å². The predicted octanol–water partition coefficient (Wildman–Crippen LogP) is 1.43. The van der Waals surface area contributed by atoms with Crippen LogP contribution in [0.4, 0.5) is 0 Å². The summed E-state index contributed by atoms with van der Waals surface area (Å²) >= 11 is 0. The predicted molar refractivity (Wildman–Crippen MR) is 63.3 cm³/mol. The molecule has 0 aliphatic carbocycles. The Morgan fingerprint density at radius 1 is 1.47 bits per heavy atom. The molecule has 5 nitrogen and oxygen atoms in total. The van der Waals surface area contributed by atoms with E-state index in [4.69, 9.17) is 10.5 Å². The smallest absolute Gasteiger partial charge is 0.144 e. The van der Waals surface area contributed by atoms with E-state index in [-0.39, 0.29) is 6.04 Å². The van der Waals surface area contributed by atoms with Gasteiger partial charge >= 0.3 is 0 Å². The number of hydrogen-bond donors (Lipinski definition) is 1. The second-order valence-electron chi connectivity index (χ2n) is 5.46. The average molecular weight is 236 g/mol. The van der Waals surface area contributed by atoms with Crippen LogP contribution in [0, 0.1) is 5.92 Å². The summed E-state index contributed by atoms with van der Waals surface area (Å²) in [5, 5.41) is 4.25. The molecule has 2 saturated heterocycles. The first kappa shape index (κ1) is 11.2. The lowest BCUT2D eigenvalue weighted by Crippen LogP contribution is -2.32. The molecule has 4 atom stereocenters. The third-order valence-electron chi connectivity index (χ3n) is 4.00. The van der Waals surface area contributed by atoms with Crippen LogP contribution in [0.15, 0.2) is 6.33 Å². The van der Waals surface area contributed by atoms with Crippen molar-refractivity contribution in [2.75, 3.05) is 0 Å². The molecule has 3 heterocycles. The third-order valence-corrected chi connectivity index (χ3v) is 4.00. The summed E-state index contributed by atoms with van der Waals surface area (Å²) in [6.07, 6.45) is 5.81. The van der Waals surface area contributed by atoms with Crippen LogP contribution in [0.5, 0.6) is 0 Å². The van der Waals surface area contributed by atoms with E-state index >= 15 is 0 Å². The van der Waals surface area contributed by atoms with Gasteiger partial charge in [-0.2, -0.15) is 5.10 Å². The molecule has 4 unspecified atom stereocenters. The van der Waals surface area contributed by atoms with Crippen molar-refractivity contribution in [2.24, 2.45) is 11.7 Å². The van der Waals surface area contributed by atoms with Crippen LogP contribution in [-0.2, 0) is 4.74 Å². The molecular formula is C12H20N4O. The topological polar surface area (TPSA) is 66.0 Å². The number of nitrogens with two attached hydrogens (primary N) is 1. The van der Waals surface area contributed by atoms with Gasteiger partial charge < -0.3 is 10.5 Å². The van der Waals surface area contributed by atoms with Crippen LogP contribution < -0.4 is 5.73 Å². The van der Waals surface area contributed by atoms with Crippen molar-refractivity contribution < 1.29 is 4.74 Å². The van der Waals surface area contributed by atoms with Crippen molar-refractivity contribution in [3.8, 4) is 0 Å². The largest absolute Gasteiger partial charge is 0.375 e. The highest BCUT2D eigenvalue weighted by Crippen LogP contribution is 2.43. The highest BCUT2D eigenvalue weighted by atomic mass is 16.5. The Bertz CT molecular complexity index is 403. The first-order valence-electron chi connectivity index (χ1n) is 6.47. The Morgan fingerprint density at radius 3 is 2.88 bits per heavy atom. The zero-order valence-corrected chi connectivity index (χ0v) is 10.4. The lowest BCUT2D eigenvalue weighted by atomic mass is 9.84. The zero-order valence-electron chi connectivity index (χ0n) is 10.4. The summed E-state index contributed by atoms with van der Waals surface area (Å²) in [7, 11) is 0. The van der Waals surface area contributed by atoms with Gasteiger partial charge in [-0.05, 0) is 33.1 Å². The lowest BCUT2D eigenvalue weighted by molar-refractivity contribution is 0.0875. The van der Waals surface area contributed by atoms with E-state index < -0.39 is 0 Å². The molecule has 1 aromatic rings. The van der Waals surface area contributed by atoms with Crippen LogP contribution in [-0.4, -0.2) is 27.0 Å². The fraction of sp³-hybridized carbons (Fsp3) is 0.833. The van der Waals surface area contributed by atoms with E-state index in [9.17, 15) is 0 Å². The molecule has 0 spiro atoms. The van der Waals surface area contributed by atoms with E-state index in [0.717, 1.165) is 18.7 Å². The molecule has 0 radical (unpaired) electrons. The Kier molecular flexibility index (Phi) is 2.67. The minimum Gasteiger partial charge on any atom is -0.375 e. The standard InChI is InChI=1S/C12H20N4O/c1-7(2)16-12(14-6-15-16)11(13)9-5-8-3-4-10(9)17-8/h6-11H,3-5,13H2,1-2H3. The molecule has 94 valence electrons. The number of aromatic nitrogens is 3. The summed E-state index contributed by atoms with van der Waals surface area (Å²) < 4.78 is 7.79. The Balaban J connectivity index is 1.82. The van der Waals surface area contributed by atoms with Crippen LogP contribution in [0.1, 0.15) is 51.0 Å². The van der Waals surface area contributed by atoms with Gasteiger partial charge in [0.1, 0.15) is 12.2 Å². The first-order chi connectivity index (χ1) is 8.16. The molecule has 0 saturated carbocycles. The average Bonchev–Trinajstić information content (AvgIpc) is 3.02. The van der Waals surface area contributed by atoms with Crippen molar-refractivity contribution >= 4 is 0 Å². The minimum atomic E-state index is -0.0461. The van der Waals surface area contributed by atoms with Crippen LogP contribution >= 0.6 is 0 Å². The molecule has 2 aliphatic rings. The highest BCUT2D eigenvalue weighted by molar-refractivity contribution is 5.03. The summed E-state index contributed by atoms with van der Waals surface area (Å²) in [4.78, 5) is 4.34. The molecule has 0 aromatic carbocycles. The summed E-state index contributed by atoms with van der Waals surface area (Å²) in [5.74, 6) is 1.32. The third kappa shape index (κ3) is 1.77. The molecule has 5 heteroatoms. The number of fused-ring (bicyclic) bond motifs is 2. The maximum Gasteiger partial charge on any atom is 0.144 e. The maximum atomic E-state index is 6.37. The van der Waals surface area contributed by atoms with Gasteiger partial charge in [-0.3, -0.25) is 0 Å². The van der Waals surface area contributed by atoms with E-state index in [0.29, 0.717) is 24.2 Å². The van der Waals surface area contributed by atoms with Crippen LogP contribution in [0.3, 0.4) is 0 Å². The monoisotopic (exact) mass is 236 g/mol. The fourth-order valence-electron chi connectivity index (χ4n) is 3.14. The quantitative estimate of drug-likeness (QED) is 0.862. The number of rotatable bonds is 3. The second-order valence-corrected chi connectivity index (χ2v) is 5.46. The molecule has 17 heavy (non-hydrogen) atoms. The van der Waals surface area contributed by atoms with Gasteiger partial charge in [0.25, 0.3) is 0 Å². The van der Waals surface area contributed by atoms with Crippen LogP contribution in [0.2, 0.25) is 0 Å². The summed E-state index contributed by atoms with van der Waals surface area (Å²) in [5.41, 5.74) is 6.37. The lowest BCUT2D eigenvalue weighted by Gasteiger charge is -2.25. The molecule has 0 amide bonds. The van der Waals surface area contributed by atoms with Crippen molar-refractivity contribution in [1.29, 1.82) is 0 Å². The van der Waals surface area contributed by atoms with E-state index in [2.05, 4.69) is 23.9 Å². The Morgan fingerprint density at radius 2 is 2.29 bits per heavy atom. The maximum absolute atomic E-state index is 6.37. The molecule has 2 N–H and O–H groups in total. The van der Waals surface area contributed by atoms with Gasteiger partial charge in [-0.25, -0.2) is 9.67 Å². The van der Waals surface area contributed by atoms with Gasteiger partial charge in [-0.15, -0.1) is 0 Å². The fourth-order valence-corrected chi connectivity index (χ4v) is 3.14. The first-order valence-corrected chi connectivity index (χ1v) is 6.47. The number of nitrogens with zero attached hydrogens (tertiary/aromatic N) is 3. The van der Waals surface area contributed by atoms with Gasteiger partial charge in [0.15, 0.2) is 0 Å². The molecule has 3 rings (SSSR count). The molecule has 2 fully saturated rings. The van der Waals surface area contributed by atoms with Gasteiger partial charge in [0.2, 0.25) is 0 Å². The van der Waals surface area contributed by atoms with Crippen molar-refractivity contribution in [3.63, 3.8) is 0 Å². The molecular weight excluding hydrogens is 216 g/mol. The summed E-state index contributed by atoms with van der Waals surface area (Å²) in [6, 6.07) is 0.258. The minimum absolute atomic E-state index is 0.0461. The van der Waals surface area contributed by atoms with Gasteiger partial charge in [0.05, 0.1) is 18.2 Å². The molecule has 2 bridgehead atoms. The molecule has 1 aromatic heterocycles. The van der Waals surface area contributed by atoms with E-state index in [1.807, 2.05) is 4.68 Å². The normalized spacial score (nSPS) is 33.5.